The molecular weight excluding hydrogens is 414 g/mol. The fourth-order valence-corrected chi connectivity index (χ4v) is 4.61. The lowest BCUT2D eigenvalue weighted by Gasteiger charge is -2.31. The first-order valence-electron chi connectivity index (χ1n) is 9.64. The molecule has 0 unspecified atom stereocenters. The average molecular weight is 432 g/mol. The molecule has 156 valence electrons. The molecule has 3 heterocycles. The van der Waals surface area contributed by atoms with Crippen molar-refractivity contribution in [3.8, 4) is 16.7 Å². The summed E-state index contributed by atoms with van der Waals surface area (Å²) in [4.78, 5) is 18.6. The van der Waals surface area contributed by atoms with Gasteiger partial charge in [-0.3, -0.25) is 4.79 Å². The molecule has 1 saturated heterocycles. The number of rotatable bonds is 4. The molecule has 5 rings (SSSR count). The Morgan fingerprint density at radius 3 is 2.80 bits per heavy atom. The van der Waals surface area contributed by atoms with Crippen LogP contribution in [0, 0.1) is 11.6 Å². The Labute approximate surface area is 175 Å². The maximum atomic E-state index is 13.8. The lowest BCUT2D eigenvalue weighted by atomic mass is 10.1. The minimum atomic E-state index is -0.694. The van der Waals surface area contributed by atoms with E-state index in [-0.39, 0.29) is 24.3 Å². The van der Waals surface area contributed by atoms with Gasteiger partial charge in [0.15, 0.2) is 17.3 Å². The highest BCUT2D eigenvalue weighted by atomic mass is 32.1. The number of halogens is 2. The lowest BCUT2D eigenvalue weighted by Crippen LogP contribution is -2.42. The second-order valence-electron chi connectivity index (χ2n) is 7.28. The molecule has 9 heteroatoms. The molecule has 0 radical (unpaired) electrons. The number of ether oxygens (including phenoxy) is 3. The van der Waals surface area contributed by atoms with Crippen LogP contribution in [0.5, 0.6) is 16.7 Å². The Kier molecular flexibility index (Phi) is 4.90. The summed E-state index contributed by atoms with van der Waals surface area (Å²) in [6.07, 6.45) is 1.48. The van der Waals surface area contributed by atoms with Crippen LogP contribution < -0.4 is 14.2 Å². The van der Waals surface area contributed by atoms with E-state index in [2.05, 4.69) is 4.98 Å². The van der Waals surface area contributed by atoms with Crippen LogP contribution in [0.1, 0.15) is 18.4 Å². The van der Waals surface area contributed by atoms with Crippen molar-refractivity contribution in [1.29, 1.82) is 0 Å². The molecule has 1 amide bonds. The number of thiazole rings is 1. The van der Waals surface area contributed by atoms with Crippen LogP contribution in [0.3, 0.4) is 0 Å². The maximum Gasteiger partial charge on any atom is 0.274 e. The summed E-state index contributed by atoms with van der Waals surface area (Å²) in [5.74, 6) is 0.0792. The van der Waals surface area contributed by atoms with Crippen LogP contribution in [0.4, 0.5) is 8.78 Å². The predicted octanol–water partition coefficient (Wildman–Crippen LogP) is 3.92. The first kappa shape index (κ1) is 19.0. The van der Waals surface area contributed by atoms with Crippen molar-refractivity contribution < 1.29 is 27.8 Å². The molecule has 0 bridgehead atoms. The van der Waals surface area contributed by atoms with Gasteiger partial charge in [0, 0.05) is 32.0 Å². The summed E-state index contributed by atoms with van der Waals surface area (Å²) in [7, 11) is 0. The van der Waals surface area contributed by atoms with Gasteiger partial charge in [-0.15, -0.1) is 0 Å². The Bertz CT molecular complexity index is 1110. The van der Waals surface area contributed by atoms with Crippen molar-refractivity contribution in [3.63, 3.8) is 0 Å². The molecule has 2 aliphatic heterocycles. The molecule has 2 aromatic carbocycles. The van der Waals surface area contributed by atoms with Crippen LogP contribution in [-0.4, -0.2) is 41.8 Å². The topological polar surface area (TPSA) is 60.9 Å². The zero-order valence-electron chi connectivity index (χ0n) is 15.9. The number of fused-ring (bicyclic) bond motifs is 2. The number of hydrogen-bond donors (Lipinski definition) is 0. The maximum absolute atomic E-state index is 13.8. The van der Waals surface area contributed by atoms with Gasteiger partial charge in [-0.1, -0.05) is 17.4 Å². The molecule has 0 aliphatic carbocycles. The van der Waals surface area contributed by atoms with E-state index in [1.165, 1.54) is 6.07 Å². The Hall–Kier alpha value is -2.94. The Morgan fingerprint density at radius 1 is 1.17 bits per heavy atom. The van der Waals surface area contributed by atoms with Crippen LogP contribution in [0.2, 0.25) is 0 Å². The van der Waals surface area contributed by atoms with Gasteiger partial charge in [0.25, 0.3) is 5.19 Å². The van der Waals surface area contributed by atoms with Crippen molar-refractivity contribution in [1.82, 2.24) is 9.88 Å². The third-order valence-electron chi connectivity index (χ3n) is 5.25. The van der Waals surface area contributed by atoms with Crippen LogP contribution in [-0.2, 0) is 11.2 Å². The number of nitrogens with zero attached hydrogens (tertiary/aromatic N) is 2. The van der Waals surface area contributed by atoms with E-state index >= 15 is 0 Å². The van der Waals surface area contributed by atoms with E-state index in [1.807, 2.05) is 23.1 Å². The molecule has 6 nitrogen and oxygen atoms in total. The quantitative estimate of drug-likeness (QED) is 0.626. The van der Waals surface area contributed by atoms with E-state index in [1.54, 1.807) is 0 Å². The first-order chi connectivity index (χ1) is 14.5. The minimum absolute atomic E-state index is 0.0462. The number of likely N-dealkylation sites (tertiary alicyclic amines) is 1. The standard InChI is InChI=1S/C21H18F2N2O4S/c22-13-9-15(23)20-18(10-13)30-21(24-20)29-14-3-5-25(6-4-14)19(26)8-12-1-2-16-17(7-12)28-11-27-16/h1-2,7,9-10,14H,3-6,8,11H2. The molecule has 1 fully saturated rings. The number of hydrogen-bond acceptors (Lipinski definition) is 6. The largest absolute Gasteiger partial charge is 0.467 e. The third kappa shape index (κ3) is 3.77. The fraction of sp³-hybridized carbons (Fsp3) is 0.333. The molecule has 0 saturated carbocycles. The molecule has 30 heavy (non-hydrogen) atoms. The second kappa shape index (κ2) is 7.71. The van der Waals surface area contributed by atoms with Gasteiger partial charge in [0.05, 0.1) is 11.1 Å². The molecule has 3 aromatic rings. The van der Waals surface area contributed by atoms with Gasteiger partial charge in [0.1, 0.15) is 17.4 Å². The molecule has 2 aliphatic rings. The summed E-state index contributed by atoms with van der Waals surface area (Å²) in [5.41, 5.74) is 0.999. The summed E-state index contributed by atoms with van der Waals surface area (Å²) < 4.78 is 44.1. The van der Waals surface area contributed by atoms with Crippen LogP contribution in [0.25, 0.3) is 10.2 Å². The van der Waals surface area contributed by atoms with Crippen molar-refractivity contribution in [2.75, 3.05) is 19.9 Å². The van der Waals surface area contributed by atoms with Crippen LogP contribution >= 0.6 is 11.3 Å². The van der Waals surface area contributed by atoms with Gasteiger partial charge in [-0.05, 0) is 23.8 Å². The summed E-state index contributed by atoms with van der Waals surface area (Å²) in [6.45, 7) is 1.35. The van der Waals surface area contributed by atoms with E-state index in [9.17, 15) is 13.6 Å². The summed E-state index contributed by atoms with van der Waals surface area (Å²) in [6, 6.07) is 7.59. The monoisotopic (exact) mass is 432 g/mol. The van der Waals surface area contributed by atoms with E-state index in [0.717, 1.165) is 23.0 Å². The highest BCUT2D eigenvalue weighted by Crippen LogP contribution is 2.33. The van der Waals surface area contributed by atoms with E-state index in [4.69, 9.17) is 14.2 Å². The number of carbonyl (C=O) groups is 1. The fourth-order valence-electron chi connectivity index (χ4n) is 3.69. The minimum Gasteiger partial charge on any atom is -0.467 e. The Balaban J connectivity index is 1.17. The molecule has 1 aromatic heterocycles. The molecule has 0 spiro atoms. The highest BCUT2D eigenvalue weighted by Gasteiger charge is 2.25. The number of amides is 1. The molecular formula is C21H18F2N2O4S. The third-order valence-corrected chi connectivity index (χ3v) is 6.14. The average Bonchev–Trinajstić information content (AvgIpc) is 3.34. The molecule has 0 atom stereocenters. The smallest absolute Gasteiger partial charge is 0.274 e. The van der Waals surface area contributed by atoms with Gasteiger partial charge in [0.2, 0.25) is 12.7 Å². The zero-order valence-corrected chi connectivity index (χ0v) is 16.7. The zero-order chi connectivity index (χ0) is 20.7. The molecule has 0 N–H and O–H groups in total. The number of carbonyl (C=O) groups excluding carboxylic acids is 1. The Morgan fingerprint density at radius 2 is 1.97 bits per heavy atom. The van der Waals surface area contributed by atoms with Gasteiger partial charge in [-0.25, -0.2) is 8.78 Å². The number of piperidine rings is 1. The second-order valence-corrected chi connectivity index (χ2v) is 8.27. The summed E-state index contributed by atoms with van der Waals surface area (Å²) in [5, 5.41) is 0.319. The van der Waals surface area contributed by atoms with E-state index in [0.29, 0.717) is 53.7 Å². The first-order valence-corrected chi connectivity index (χ1v) is 10.5. The predicted molar refractivity (Wildman–Crippen MR) is 106 cm³/mol. The van der Waals surface area contributed by atoms with Crippen molar-refractivity contribution in [3.05, 3.63) is 47.5 Å². The van der Waals surface area contributed by atoms with Crippen LogP contribution in [0.15, 0.2) is 30.3 Å². The number of aromatic nitrogens is 1. The van der Waals surface area contributed by atoms with Crippen molar-refractivity contribution in [2.24, 2.45) is 0 Å². The van der Waals surface area contributed by atoms with Crippen molar-refractivity contribution >= 4 is 27.5 Å². The van der Waals surface area contributed by atoms with Gasteiger partial charge >= 0.3 is 0 Å². The number of benzene rings is 2. The van der Waals surface area contributed by atoms with E-state index < -0.39 is 11.6 Å². The summed E-state index contributed by atoms with van der Waals surface area (Å²) >= 11 is 1.12. The van der Waals surface area contributed by atoms with Gasteiger partial charge in [-0.2, -0.15) is 4.98 Å². The SMILES string of the molecule is O=C(Cc1ccc2c(c1)OCO2)N1CCC(Oc2nc3c(F)cc(F)cc3s2)CC1. The van der Waals surface area contributed by atoms with Gasteiger partial charge < -0.3 is 19.1 Å². The van der Waals surface area contributed by atoms with Crippen molar-refractivity contribution in [2.45, 2.75) is 25.4 Å². The highest BCUT2D eigenvalue weighted by molar-refractivity contribution is 7.20. The lowest BCUT2D eigenvalue weighted by molar-refractivity contribution is -0.132. The normalized spacial score (nSPS) is 16.3.